The summed E-state index contributed by atoms with van der Waals surface area (Å²) in [6.07, 6.45) is 14.8. The molecule has 0 aromatic heterocycles. The molecule has 7 rings (SSSR count). The van der Waals surface area contributed by atoms with Gasteiger partial charge in [-0.05, 0) is 80.0 Å². The van der Waals surface area contributed by atoms with E-state index < -0.39 is 0 Å². The summed E-state index contributed by atoms with van der Waals surface area (Å²) < 4.78 is 1.27. The summed E-state index contributed by atoms with van der Waals surface area (Å²) in [7, 11) is 0. The van der Waals surface area contributed by atoms with Gasteiger partial charge in [-0.15, -0.1) is 0 Å². The van der Waals surface area contributed by atoms with Crippen molar-refractivity contribution in [1.29, 1.82) is 0 Å². The molecule has 0 spiro atoms. The number of benzene rings is 3. The topological polar surface area (TPSA) is 3.24 Å². The van der Waals surface area contributed by atoms with Crippen LogP contribution in [0.1, 0.15) is 49.8 Å². The van der Waals surface area contributed by atoms with Crippen LogP contribution in [0.25, 0.3) is 10.8 Å². The first-order valence-electron chi connectivity index (χ1n) is 12.3. The molecule has 1 aliphatic heterocycles. The lowest BCUT2D eigenvalue weighted by Gasteiger charge is -2.36. The Labute approximate surface area is 210 Å². The van der Waals surface area contributed by atoms with Crippen molar-refractivity contribution in [2.75, 3.05) is 4.90 Å². The smallest absolute Gasteiger partial charge is 0.0504 e. The van der Waals surface area contributed by atoms with Gasteiger partial charge in [-0.25, -0.2) is 0 Å². The van der Waals surface area contributed by atoms with Gasteiger partial charge in [0.15, 0.2) is 0 Å². The quantitative estimate of drug-likeness (QED) is 0.319. The van der Waals surface area contributed by atoms with Crippen molar-refractivity contribution in [3.05, 3.63) is 118 Å². The third-order valence-corrected chi connectivity index (χ3v) is 9.34. The third-order valence-electron chi connectivity index (χ3n) is 8.75. The number of anilines is 2. The van der Waals surface area contributed by atoms with Gasteiger partial charge < -0.3 is 4.90 Å². The van der Waals surface area contributed by atoms with Gasteiger partial charge >= 0.3 is 0 Å². The van der Waals surface area contributed by atoms with Crippen LogP contribution in [0, 0.1) is 5.92 Å². The van der Waals surface area contributed by atoms with Gasteiger partial charge in [0, 0.05) is 22.7 Å². The van der Waals surface area contributed by atoms with E-state index >= 15 is 0 Å². The van der Waals surface area contributed by atoms with E-state index in [-0.39, 0.29) is 10.8 Å². The van der Waals surface area contributed by atoms with Crippen LogP contribution in [-0.4, -0.2) is 0 Å². The van der Waals surface area contributed by atoms with E-state index in [4.69, 9.17) is 0 Å². The summed E-state index contributed by atoms with van der Waals surface area (Å²) in [6, 6.07) is 20.6. The van der Waals surface area contributed by atoms with E-state index in [1.807, 2.05) is 0 Å². The van der Waals surface area contributed by atoms with Crippen molar-refractivity contribution < 1.29 is 0 Å². The van der Waals surface area contributed by atoms with Crippen LogP contribution in [0.3, 0.4) is 0 Å². The highest BCUT2D eigenvalue weighted by Crippen LogP contribution is 2.60. The second kappa shape index (κ2) is 6.86. The van der Waals surface area contributed by atoms with Gasteiger partial charge in [0.25, 0.3) is 0 Å². The molecule has 2 heteroatoms. The van der Waals surface area contributed by atoms with Crippen LogP contribution < -0.4 is 4.90 Å². The third kappa shape index (κ3) is 2.55. The summed E-state index contributed by atoms with van der Waals surface area (Å²) in [5, 5.41) is 2.77. The molecule has 3 unspecified atom stereocenters. The Kier molecular flexibility index (Phi) is 4.14. The van der Waals surface area contributed by atoms with Gasteiger partial charge in [0.1, 0.15) is 0 Å². The maximum absolute atomic E-state index is 3.78. The molecule has 0 radical (unpaired) electrons. The Bertz CT molecular complexity index is 1490. The van der Waals surface area contributed by atoms with E-state index in [2.05, 4.69) is 133 Å². The molecule has 0 fully saturated rings. The lowest BCUT2D eigenvalue weighted by molar-refractivity contribution is 0.325. The second-order valence-electron chi connectivity index (χ2n) is 11.0. The minimum atomic E-state index is 0.0468. The Hall–Kier alpha value is -2.84. The van der Waals surface area contributed by atoms with E-state index in [9.17, 15) is 0 Å². The SMILES string of the molecule is CC1(C)c2c(ccc3cc4c(cc23)N(c2ccccc2)C2=CC=C(Br)CC24)C2(C)C=CC=CC12. The fraction of sp³-hybridized carbons (Fsp3) is 0.250. The average Bonchev–Trinajstić information content (AvgIpc) is 3.24. The molecule has 0 saturated heterocycles. The number of fused-ring (bicyclic) bond motifs is 8. The summed E-state index contributed by atoms with van der Waals surface area (Å²) in [4.78, 5) is 2.49. The molecule has 3 aromatic carbocycles. The Morgan fingerprint density at radius 1 is 0.941 bits per heavy atom. The predicted octanol–water partition coefficient (Wildman–Crippen LogP) is 8.93. The van der Waals surface area contributed by atoms with Gasteiger partial charge in [0.05, 0.1) is 5.69 Å². The first-order valence-corrected chi connectivity index (χ1v) is 13.1. The highest BCUT2D eigenvalue weighted by atomic mass is 79.9. The molecule has 34 heavy (non-hydrogen) atoms. The van der Waals surface area contributed by atoms with Gasteiger partial charge in [-0.3, -0.25) is 0 Å². The molecular formula is C32H28BrN. The molecule has 4 aliphatic rings. The van der Waals surface area contributed by atoms with Crippen LogP contribution in [0.15, 0.2) is 101 Å². The number of hydrogen-bond acceptors (Lipinski definition) is 1. The lowest BCUT2D eigenvalue weighted by Crippen LogP contribution is -2.34. The first kappa shape index (κ1) is 20.5. The van der Waals surface area contributed by atoms with E-state index in [1.54, 1.807) is 0 Å². The molecule has 3 aromatic rings. The Balaban J connectivity index is 1.52. The van der Waals surface area contributed by atoms with Crippen LogP contribution in [-0.2, 0) is 10.8 Å². The Morgan fingerprint density at radius 3 is 2.59 bits per heavy atom. The minimum Gasteiger partial charge on any atom is -0.313 e. The molecule has 0 saturated carbocycles. The van der Waals surface area contributed by atoms with Crippen LogP contribution in [0.4, 0.5) is 11.4 Å². The van der Waals surface area contributed by atoms with Gasteiger partial charge in [-0.2, -0.15) is 0 Å². The van der Waals surface area contributed by atoms with Crippen molar-refractivity contribution >= 4 is 38.1 Å². The molecule has 0 amide bonds. The molecule has 3 atom stereocenters. The summed E-state index contributed by atoms with van der Waals surface area (Å²) in [5.74, 6) is 0.848. The standard InChI is InChI=1S/C32H28BrN/c1-31(2)29-11-7-8-16-32(29,3)26-14-12-20-17-24-25-18-21(33)13-15-27(25)34(22-9-5-4-6-10-22)28(24)19-23(20)30(26)31/h4-17,19,25,29H,18H2,1-3H3. The molecule has 3 aliphatic carbocycles. The second-order valence-corrected chi connectivity index (χ2v) is 12.0. The maximum atomic E-state index is 3.78. The predicted molar refractivity (Wildman–Crippen MR) is 147 cm³/mol. The van der Waals surface area contributed by atoms with Crippen molar-refractivity contribution in [2.24, 2.45) is 5.92 Å². The molecule has 168 valence electrons. The molecular weight excluding hydrogens is 478 g/mol. The zero-order valence-electron chi connectivity index (χ0n) is 19.8. The summed E-state index contributed by atoms with van der Waals surface area (Å²) in [6.45, 7) is 7.30. The van der Waals surface area contributed by atoms with Gasteiger partial charge in [0.2, 0.25) is 0 Å². The van der Waals surface area contributed by atoms with Crippen molar-refractivity contribution in [3.8, 4) is 0 Å². The molecule has 0 N–H and O–H groups in total. The number of para-hydroxylation sites is 1. The van der Waals surface area contributed by atoms with Crippen LogP contribution in [0.5, 0.6) is 0 Å². The number of halogens is 1. The number of allylic oxidation sites excluding steroid dienone is 8. The normalized spacial score (nSPS) is 27.7. The zero-order valence-corrected chi connectivity index (χ0v) is 21.4. The number of nitrogens with zero attached hydrogens (tertiary/aromatic N) is 1. The highest BCUT2D eigenvalue weighted by molar-refractivity contribution is 9.11. The van der Waals surface area contributed by atoms with Crippen molar-refractivity contribution in [2.45, 2.75) is 43.9 Å². The molecule has 1 nitrogen and oxygen atoms in total. The zero-order chi connectivity index (χ0) is 23.2. The van der Waals surface area contributed by atoms with E-state index in [0.29, 0.717) is 11.8 Å². The summed E-state index contributed by atoms with van der Waals surface area (Å²) >= 11 is 3.78. The molecule has 1 heterocycles. The van der Waals surface area contributed by atoms with Crippen molar-refractivity contribution in [1.82, 2.24) is 0 Å². The van der Waals surface area contributed by atoms with E-state index in [0.717, 1.165) is 6.42 Å². The monoisotopic (exact) mass is 505 g/mol. The van der Waals surface area contributed by atoms with Crippen LogP contribution >= 0.6 is 15.9 Å². The lowest BCUT2D eigenvalue weighted by atomic mass is 9.67. The first-order chi connectivity index (χ1) is 16.4. The highest BCUT2D eigenvalue weighted by Gasteiger charge is 2.52. The number of rotatable bonds is 1. The average molecular weight is 506 g/mol. The number of hydrogen-bond donors (Lipinski definition) is 0. The van der Waals surface area contributed by atoms with Crippen LogP contribution in [0.2, 0.25) is 0 Å². The van der Waals surface area contributed by atoms with Crippen molar-refractivity contribution in [3.63, 3.8) is 0 Å². The summed E-state index contributed by atoms with van der Waals surface area (Å²) in [5.41, 5.74) is 8.50. The fourth-order valence-corrected chi connectivity index (χ4v) is 7.75. The fourth-order valence-electron chi connectivity index (χ4n) is 7.30. The van der Waals surface area contributed by atoms with Gasteiger partial charge in [-0.1, -0.05) is 97.4 Å². The molecule has 0 bridgehead atoms. The maximum Gasteiger partial charge on any atom is 0.0504 e. The Morgan fingerprint density at radius 2 is 1.76 bits per heavy atom. The van der Waals surface area contributed by atoms with E-state index in [1.165, 1.54) is 49.0 Å². The largest absolute Gasteiger partial charge is 0.313 e. The minimum absolute atomic E-state index is 0.0468.